The molecule has 0 aromatic rings. The molecule has 0 saturated carbocycles. The van der Waals surface area contributed by atoms with E-state index in [0.717, 1.165) is 0 Å². The first-order chi connectivity index (χ1) is 4.58. The van der Waals surface area contributed by atoms with Gasteiger partial charge in [-0.25, -0.2) is 8.42 Å². The van der Waals surface area contributed by atoms with Crippen molar-refractivity contribution in [1.29, 1.82) is 0 Å². The largest absolute Gasteiger partial charge is 0.367 e. The predicted molar refractivity (Wildman–Crippen MR) is 38.3 cm³/mol. The molecule has 1 aliphatic rings. The molecule has 1 rings (SSSR count). The van der Waals surface area contributed by atoms with E-state index in [4.69, 9.17) is 4.74 Å². The van der Waals surface area contributed by atoms with Crippen LogP contribution in [0.5, 0.6) is 0 Å². The molecule has 4 heteroatoms. The van der Waals surface area contributed by atoms with E-state index in [2.05, 4.69) is 6.58 Å². The van der Waals surface area contributed by atoms with Gasteiger partial charge >= 0.3 is 0 Å². The molecule has 1 saturated heterocycles. The average Bonchev–Trinajstić information content (AvgIpc) is 2.68. The highest BCUT2D eigenvalue weighted by molar-refractivity contribution is 7.95. The van der Waals surface area contributed by atoms with Crippen molar-refractivity contribution in [2.24, 2.45) is 0 Å². The first-order valence-electron chi connectivity index (χ1n) is 3.11. The highest BCUT2D eigenvalue weighted by Gasteiger charge is 2.32. The van der Waals surface area contributed by atoms with E-state index >= 15 is 0 Å². The lowest BCUT2D eigenvalue weighted by Crippen LogP contribution is -2.09. The lowest BCUT2D eigenvalue weighted by molar-refractivity contribution is 0.436. The van der Waals surface area contributed by atoms with Crippen LogP contribution in [0.25, 0.3) is 0 Å². The SMILES string of the molecule is C=C(C1CO1)S(=O)(=O)CC. The highest BCUT2D eigenvalue weighted by atomic mass is 32.2. The Kier molecular flexibility index (Phi) is 1.83. The molecule has 1 unspecified atom stereocenters. The molecule has 58 valence electrons. The second-order valence-corrected chi connectivity index (χ2v) is 4.52. The second kappa shape index (κ2) is 2.36. The van der Waals surface area contributed by atoms with Crippen LogP contribution < -0.4 is 0 Å². The molecular formula is C6H10O3S. The van der Waals surface area contributed by atoms with Gasteiger partial charge in [-0.15, -0.1) is 0 Å². The Morgan fingerprint density at radius 1 is 1.80 bits per heavy atom. The third-order valence-corrected chi connectivity index (χ3v) is 3.29. The molecule has 0 aliphatic carbocycles. The molecule has 0 spiro atoms. The number of hydrogen-bond donors (Lipinski definition) is 0. The van der Waals surface area contributed by atoms with Crippen LogP contribution in [0.4, 0.5) is 0 Å². The fourth-order valence-electron chi connectivity index (χ4n) is 0.620. The Morgan fingerprint density at radius 3 is 2.60 bits per heavy atom. The van der Waals surface area contributed by atoms with Crippen molar-refractivity contribution in [1.82, 2.24) is 0 Å². The zero-order valence-electron chi connectivity index (χ0n) is 5.83. The molecule has 0 aromatic carbocycles. The van der Waals surface area contributed by atoms with Crippen molar-refractivity contribution >= 4 is 9.84 Å². The quantitative estimate of drug-likeness (QED) is 0.562. The molecule has 0 radical (unpaired) electrons. The predicted octanol–water partition coefficient (Wildman–Crippen LogP) is 0.334. The van der Waals surface area contributed by atoms with Gasteiger partial charge in [0.25, 0.3) is 0 Å². The second-order valence-electron chi connectivity index (χ2n) is 2.19. The Labute approximate surface area is 60.6 Å². The molecular weight excluding hydrogens is 152 g/mol. The Balaban J connectivity index is 2.72. The lowest BCUT2D eigenvalue weighted by atomic mass is 10.5. The van der Waals surface area contributed by atoms with E-state index in [1.165, 1.54) is 0 Å². The van der Waals surface area contributed by atoms with Crippen molar-refractivity contribution in [3.05, 3.63) is 11.5 Å². The molecule has 1 fully saturated rings. The standard InChI is InChI=1S/C6H10O3S/c1-3-10(7,8)5(2)6-4-9-6/h6H,2-4H2,1H3. The van der Waals surface area contributed by atoms with Crippen molar-refractivity contribution in [2.75, 3.05) is 12.4 Å². The molecule has 10 heavy (non-hydrogen) atoms. The Bertz CT molecular complexity index is 236. The summed E-state index contributed by atoms with van der Waals surface area (Å²) in [5, 5.41) is 0. The van der Waals surface area contributed by atoms with Crippen LogP contribution >= 0.6 is 0 Å². The first kappa shape index (κ1) is 7.75. The van der Waals surface area contributed by atoms with Gasteiger partial charge in [-0.3, -0.25) is 0 Å². The van der Waals surface area contributed by atoms with Gasteiger partial charge in [-0.2, -0.15) is 0 Å². The van der Waals surface area contributed by atoms with Crippen LogP contribution in [-0.2, 0) is 14.6 Å². The van der Waals surface area contributed by atoms with E-state index in [1.807, 2.05) is 0 Å². The summed E-state index contributed by atoms with van der Waals surface area (Å²) in [7, 11) is -3.05. The van der Waals surface area contributed by atoms with Crippen LogP contribution in [0.3, 0.4) is 0 Å². The summed E-state index contributed by atoms with van der Waals surface area (Å²) in [6.45, 7) is 5.56. The van der Waals surface area contributed by atoms with Gasteiger partial charge in [0, 0.05) is 0 Å². The molecule has 0 amide bonds. The third kappa shape index (κ3) is 1.38. The van der Waals surface area contributed by atoms with Gasteiger partial charge < -0.3 is 4.74 Å². The van der Waals surface area contributed by atoms with Gasteiger partial charge in [0.15, 0.2) is 9.84 Å². The topological polar surface area (TPSA) is 46.7 Å². The van der Waals surface area contributed by atoms with Gasteiger partial charge in [0.2, 0.25) is 0 Å². The normalized spacial score (nSPS) is 24.3. The van der Waals surface area contributed by atoms with Crippen molar-refractivity contribution < 1.29 is 13.2 Å². The van der Waals surface area contributed by atoms with Crippen LogP contribution in [0.2, 0.25) is 0 Å². The number of rotatable bonds is 3. The lowest BCUT2D eigenvalue weighted by Gasteiger charge is -1.98. The van der Waals surface area contributed by atoms with Crippen LogP contribution in [0.1, 0.15) is 6.92 Å². The maximum atomic E-state index is 11.0. The minimum absolute atomic E-state index is 0.117. The summed E-state index contributed by atoms with van der Waals surface area (Å²) >= 11 is 0. The molecule has 1 aliphatic heterocycles. The van der Waals surface area contributed by atoms with E-state index < -0.39 is 9.84 Å². The van der Waals surface area contributed by atoms with Gasteiger partial charge in [-0.1, -0.05) is 13.5 Å². The number of sulfone groups is 1. The van der Waals surface area contributed by atoms with E-state index in [-0.39, 0.29) is 16.8 Å². The number of epoxide rings is 1. The minimum Gasteiger partial charge on any atom is -0.367 e. The van der Waals surface area contributed by atoms with Crippen LogP contribution in [-0.4, -0.2) is 26.9 Å². The fourth-order valence-corrected chi connectivity index (χ4v) is 1.53. The van der Waals surface area contributed by atoms with Gasteiger partial charge in [-0.05, 0) is 0 Å². The third-order valence-electron chi connectivity index (χ3n) is 1.47. The monoisotopic (exact) mass is 162 g/mol. The molecule has 3 nitrogen and oxygen atoms in total. The number of hydrogen-bond acceptors (Lipinski definition) is 3. The van der Waals surface area contributed by atoms with Crippen molar-refractivity contribution in [2.45, 2.75) is 13.0 Å². The summed E-state index contributed by atoms with van der Waals surface area (Å²) in [5.74, 6) is 0.117. The fraction of sp³-hybridized carbons (Fsp3) is 0.667. The van der Waals surface area contributed by atoms with Crippen LogP contribution in [0, 0.1) is 0 Å². The molecule has 0 N–H and O–H groups in total. The summed E-state index contributed by atoms with van der Waals surface area (Å²) in [6.07, 6.45) is -0.218. The maximum Gasteiger partial charge on any atom is 0.176 e. The molecule has 0 bridgehead atoms. The van der Waals surface area contributed by atoms with Gasteiger partial charge in [0.05, 0.1) is 17.3 Å². The summed E-state index contributed by atoms with van der Waals surface area (Å²) in [6, 6.07) is 0. The molecule has 1 heterocycles. The minimum atomic E-state index is -3.05. The summed E-state index contributed by atoms with van der Waals surface area (Å²) in [4.78, 5) is 0.231. The van der Waals surface area contributed by atoms with Crippen molar-refractivity contribution in [3.63, 3.8) is 0 Å². The first-order valence-corrected chi connectivity index (χ1v) is 4.76. The summed E-state index contributed by atoms with van der Waals surface area (Å²) in [5.41, 5.74) is 0. The average molecular weight is 162 g/mol. The smallest absolute Gasteiger partial charge is 0.176 e. The Morgan fingerprint density at radius 2 is 2.30 bits per heavy atom. The van der Waals surface area contributed by atoms with Crippen molar-refractivity contribution in [3.8, 4) is 0 Å². The Hall–Kier alpha value is -0.350. The summed E-state index contributed by atoms with van der Waals surface area (Å²) < 4.78 is 26.8. The van der Waals surface area contributed by atoms with Gasteiger partial charge in [0.1, 0.15) is 6.10 Å². The molecule has 1 atom stereocenters. The van der Waals surface area contributed by atoms with Crippen LogP contribution in [0.15, 0.2) is 11.5 Å². The molecule has 0 aromatic heterocycles. The number of ether oxygens (including phenoxy) is 1. The zero-order valence-corrected chi connectivity index (χ0v) is 6.65. The van der Waals surface area contributed by atoms with E-state index in [0.29, 0.717) is 6.61 Å². The zero-order chi connectivity index (χ0) is 7.78. The van der Waals surface area contributed by atoms with E-state index in [1.54, 1.807) is 6.92 Å². The maximum absolute atomic E-state index is 11.0. The highest BCUT2D eigenvalue weighted by Crippen LogP contribution is 2.22. The van der Waals surface area contributed by atoms with E-state index in [9.17, 15) is 8.42 Å².